The van der Waals surface area contributed by atoms with Gasteiger partial charge in [-0.2, -0.15) is 0 Å². The molecule has 0 aliphatic heterocycles. The van der Waals surface area contributed by atoms with Crippen molar-refractivity contribution in [2.24, 2.45) is 11.7 Å². The predicted octanol–water partition coefficient (Wildman–Crippen LogP) is 2.59. The predicted molar refractivity (Wildman–Crippen MR) is 71.0 cm³/mol. The quantitative estimate of drug-likeness (QED) is 0.835. The first kappa shape index (κ1) is 13.1. The highest BCUT2D eigenvalue weighted by Crippen LogP contribution is 2.48. The van der Waals surface area contributed by atoms with Crippen molar-refractivity contribution in [3.8, 4) is 0 Å². The van der Waals surface area contributed by atoms with Crippen molar-refractivity contribution in [2.75, 3.05) is 0 Å². The normalized spacial score (nSPS) is 22.7. The molecule has 98 valence electrons. The molecule has 0 aromatic heterocycles. The first-order chi connectivity index (χ1) is 8.40. The van der Waals surface area contributed by atoms with Crippen molar-refractivity contribution in [3.05, 3.63) is 35.4 Å². The minimum atomic E-state index is -0.399. The second-order valence-electron chi connectivity index (χ2n) is 5.93. The Labute approximate surface area is 108 Å². The third kappa shape index (κ3) is 3.10. The van der Waals surface area contributed by atoms with Gasteiger partial charge >= 0.3 is 5.97 Å². The maximum absolute atomic E-state index is 11.9. The molecule has 1 aromatic rings. The maximum atomic E-state index is 11.9. The Hall–Kier alpha value is -1.35. The lowest BCUT2D eigenvalue weighted by molar-refractivity contribution is -0.156. The summed E-state index contributed by atoms with van der Waals surface area (Å²) in [6.07, 6.45) is 0.892. The van der Waals surface area contributed by atoms with Crippen LogP contribution >= 0.6 is 0 Å². The van der Waals surface area contributed by atoms with E-state index in [2.05, 4.69) is 12.1 Å². The first-order valence-corrected chi connectivity index (χ1v) is 6.42. The largest absolute Gasteiger partial charge is 0.460 e. The summed E-state index contributed by atoms with van der Waals surface area (Å²) in [5.74, 6) is 0.259. The molecular weight excluding hydrogens is 226 g/mol. The molecule has 18 heavy (non-hydrogen) atoms. The number of carbonyl (C=O) groups is 1. The van der Waals surface area contributed by atoms with E-state index in [1.54, 1.807) is 0 Å². The van der Waals surface area contributed by atoms with Crippen molar-refractivity contribution < 1.29 is 9.53 Å². The second kappa shape index (κ2) is 4.73. The molecule has 1 aliphatic rings. The molecule has 1 aliphatic carbocycles. The summed E-state index contributed by atoms with van der Waals surface area (Å²) in [7, 11) is 0. The van der Waals surface area contributed by atoms with Gasteiger partial charge in [0, 0.05) is 6.54 Å². The maximum Gasteiger partial charge on any atom is 0.310 e. The summed E-state index contributed by atoms with van der Waals surface area (Å²) in [5.41, 5.74) is 7.54. The Morgan fingerprint density at radius 3 is 2.78 bits per heavy atom. The fraction of sp³-hybridized carbons (Fsp3) is 0.533. The molecule has 0 amide bonds. The van der Waals surface area contributed by atoms with Crippen molar-refractivity contribution in [1.82, 2.24) is 0 Å². The van der Waals surface area contributed by atoms with E-state index in [-0.39, 0.29) is 11.9 Å². The third-order valence-electron chi connectivity index (χ3n) is 3.11. The Balaban J connectivity index is 2.00. The van der Waals surface area contributed by atoms with E-state index in [0.717, 1.165) is 12.0 Å². The van der Waals surface area contributed by atoms with Gasteiger partial charge in [0.1, 0.15) is 5.60 Å². The second-order valence-corrected chi connectivity index (χ2v) is 5.93. The molecule has 3 nitrogen and oxygen atoms in total. The van der Waals surface area contributed by atoms with Crippen LogP contribution in [0.2, 0.25) is 0 Å². The van der Waals surface area contributed by atoms with Crippen molar-refractivity contribution >= 4 is 5.97 Å². The topological polar surface area (TPSA) is 52.3 Å². The van der Waals surface area contributed by atoms with E-state index < -0.39 is 5.60 Å². The molecule has 0 radical (unpaired) electrons. The number of hydrogen-bond donors (Lipinski definition) is 1. The zero-order valence-electron chi connectivity index (χ0n) is 11.3. The smallest absolute Gasteiger partial charge is 0.310 e. The number of ether oxygens (including phenoxy) is 1. The zero-order chi connectivity index (χ0) is 13.3. The zero-order valence-corrected chi connectivity index (χ0v) is 11.3. The van der Waals surface area contributed by atoms with Crippen LogP contribution in [0.1, 0.15) is 44.2 Å². The number of nitrogens with two attached hydrogens (primary N) is 1. The summed E-state index contributed by atoms with van der Waals surface area (Å²) < 4.78 is 5.41. The van der Waals surface area contributed by atoms with Gasteiger partial charge in [-0.3, -0.25) is 4.79 Å². The van der Waals surface area contributed by atoms with Gasteiger partial charge in [-0.1, -0.05) is 24.3 Å². The lowest BCUT2D eigenvalue weighted by Crippen LogP contribution is -2.25. The molecule has 0 saturated heterocycles. The fourth-order valence-electron chi connectivity index (χ4n) is 2.15. The Morgan fingerprint density at radius 1 is 1.44 bits per heavy atom. The molecule has 0 unspecified atom stereocenters. The number of hydrogen-bond acceptors (Lipinski definition) is 3. The number of esters is 1. The fourth-order valence-corrected chi connectivity index (χ4v) is 2.15. The number of rotatable bonds is 3. The number of benzene rings is 1. The number of carbonyl (C=O) groups excluding carboxylic acids is 1. The van der Waals surface area contributed by atoms with Crippen LogP contribution in [0.4, 0.5) is 0 Å². The Morgan fingerprint density at radius 2 is 2.17 bits per heavy atom. The highest BCUT2D eigenvalue weighted by molar-refractivity contribution is 5.77. The molecule has 0 bridgehead atoms. The Bertz CT molecular complexity index is 448. The average Bonchev–Trinajstić information content (AvgIpc) is 3.07. The molecule has 1 aromatic carbocycles. The molecule has 2 rings (SSSR count). The minimum Gasteiger partial charge on any atom is -0.460 e. The van der Waals surface area contributed by atoms with Crippen LogP contribution in [0.5, 0.6) is 0 Å². The lowest BCUT2D eigenvalue weighted by atomic mass is 10.1. The SMILES string of the molecule is CC(C)(C)OC(=O)[C@@H]1C[C@H]1c1cccc(CN)c1. The van der Waals surface area contributed by atoms with E-state index in [4.69, 9.17) is 10.5 Å². The Kier molecular flexibility index (Phi) is 3.44. The van der Waals surface area contributed by atoms with Crippen LogP contribution < -0.4 is 5.73 Å². The summed E-state index contributed by atoms with van der Waals surface area (Å²) in [4.78, 5) is 11.9. The van der Waals surface area contributed by atoms with E-state index in [1.165, 1.54) is 5.56 Å². The van der Waals surface area contributed by atoms with Crippen LogP contribution in [-0.4, -0.2) is 11.6 Å². The molecule has 0 spiro atoms. The molecule has 0 heterocycles. The first-order valence-electron chi connectivity index (χ1n) is 6.42. The molecule has 3 heteroatoms. The van der Waals surface area contributed by atoms with Crippen LogP contribution in [0, 0.1) is 5.92 Å². The van der Waals surface area contributed by atoms with Gasteiger partial charge in [0.2, 0.25) is 0 Å². The van der Waals surface area contributed by atoms with Gasteiger partial charge in [0.15, 0.2) is 0 Å². The highest BCUT2D eigenvalue weighted by Gasteiger charge is 2.46. The van der Waals surface area contributed by atoms with Crippen molar-refractivity contribution in [1.29, 1.82) is 0 Å². The molecule has 1 fully saturated rings. The average molecular weight is 247 g/mol. The van der Waals surface area contributed by atoms with Crippen molar-refractivity contribution in [2.45, 2.75) is 45.3 Å². The minimum absolute atomic E-state index is 0.0252. The van der Waals surface area contributed by atoms with Gasteiger partial charge in [-0.25, -0.2) is 0 Å². The lowest BCUT2D eigenvalue weighted by Gasteiger charge is -2.19. The monoisotopic (exact) mass is 247 g/mol. The van der Waals surface area contributed by atoms with Gasteiger partial charge in [-0.15, -0.1) is 0 Å². The summed E-state index contributed by atoms with van der Waals surface area (Å²) in [6.45, 7) is 6.24. The van der Waals surface area contributed by atoms with Gasteiger partial charge in [-0.05, 0) is 44.2 Å². The highest BCUT2D eigenvalue weighted by atomic mass is 16.6. The van der Waals surface area contributed by atoms with E-state index in [0.29, 0.717) is 12.5 Å². The van der Waals surface area contributed by atoms with Gasteiger partial charge in [0.05, 0.1) is 5.92 Å². The van der Waals surface area contributed by atoms with Crippen LogP contribution in [-0.2, 0) is 16.1 Å². The molecular formula is C15H21NO2. The molecule has 2 N–H and O–H groups in total. The van der Waals surface area contributed by atoms with E-state index in [1.807, 2.05) is 32.9 Å². The summed E-state index contributed by atoms with van der Waals surface area (Å²) >= 11 is 0. The summed E-state index contributed by atoms with van der Waals surface area (Å²) in [5, 5.41) is 0. The summed E-state index contributed by atoms with van der Waals surface area (Å²) in [6, 6.07) is 8.17. The third-order valence-corrected chi connectivity index (χ3v) is 3.11. The molecule has 2 atom stereocenters. The van der Waals surface area contributed by atoms with Gasteiger partial charge < -0.3 is 10.5 Å². The van der Waals surface area contributed by atoms with E-state index in [9.17, 15) is 4.79 Å². The van der Waals surface area contributed by atoms with Gasteiger partial charge in [0.25, 0.3) is 0 Å². The van der Waals surface area contributed by atoms with E-state index >= 15 is 0 Å². The van der Waals surface area contributed by atoms with Crippen LogP contribution in [0.3, 0.4) is 0 Å². The van der Waals surface area contributed by atoms with Crippen molar-refractivity contribution in [3.63, 3.8) is 0 Å². The van der Waals surface area contributed by atoms with Crippen LogP contribution in [0.15, 0.2) is 24.3 Å². The molecule has 1 saturated carbocycles. The standard InChI is InChI=1S/C15H21NO2/c1-15(2,3)18-14(17)13-8-12(13)11-6-4-5-10(7-11)9-16/h4-7,12-13H,8-9,16H2,1-3H3/t12-,13+/m0/s1. The van der Waals surface area contributed by atoms with Crippen LogP contribution in [0.25, 0.3) is 0 Å².